The van der Waals surface area contributed by atoms with Crippen molar-refractivity contribution in [2.24, 2.45) is 5.10 Å². The molecule has 174 valence electrons. The van der Waals surface area contributed by atoms with E-state index in [1.165, 1.54) is 11.9 Å². The summed E-state index contributed by atoms with van der Waals surface area (Å²) < 4.78 is 10.7. The number of benzene rings is 2. The normalized spacial score (nSPS) is 16.0. The predicted octanol–water partition coefficient (Wildman–Crippen LogP) is 3.63. The van der Waals surface area contributed by atoms with Crippen LogP contribution >= 0.6 is 0 Å². The zero-order chi connectivity index (χ0) is 24.1. The van der Waals surface area contributed by atoms with E-state index in [0.717, 1.165) is 16.8 Å². The third-order valence-electron chi connectivity index (χ3n) is 5.50. The lowest BCUT2D eigenvalue weighted by Crippen LogP contribution is -2.41. The van der Waals surface area contributed by atoms with Crippen molar-refractivity contribution in [2.75, 3.05) is 6.61 Å². The first kappa shape index (κ1) is 23.0. The van der Waals surface area contributed by atoms with Gasteiger partial charge >= 0.3 is 5.97 Å². The summed E-state index contributed by atoms with van der Waals surface area (Å²) in [5, 5.41) is 8.39. The number of hydrogen-bond donors (Lipinski definition) is 1. The van der Waals surface area contributed by atoms with Gasteiger partial charge in [0, 0.05) is 12.0 Å². The number of hydrogen-bond acceptors (Lipinski definition) is 6. The molecule has 1 N–H and O–H groups in total. The molecule has 0 spiro atoms. The summed E-state index contributed by atoms with van der Waals surface area (Å²) in [6.07, 6.45) is 2.01. The molecule has 1 aliphatic rings. The van der Waals surface area contributed by atoms with E-state index in [0.29, 0.717) is 17.7 Å². The van der Waals surface area contributed by atoms with Crippen LogP contribution in [-0.2, 0) is 14.3 Å². The summed E-state index contributed by atoms with van der Waals surface area (Å²) in [6.45, 7) is 2.99. The molecule has 2 aromatic carbocycles. The van der Waals surface area contributed by atoms with Gasteiger partial charge in [0.15, 0.2) is 6.61 Å². The highest BCUT2D eigenvalue weighted by Gasteiger charge is 2.35. The molecule has 0 bridgehead atoms. The number of furan rings is 1. The van der Waals surface area contributed by atoms with Crippen LogP contribution in [0.1, 0.15) is 46.6 Å². The highest BCUT2D eigenvalue weighted by atomic mass is 16.5. The molecule has 34 heavy (non-hydrogen) atoms. The van der Waals surface area contributed by atoms with E-state index in [4.69, 9.17) is 9.15 Å². The zero-order valence-electron chi connectivity index (χ0n) is 18.9. The maximum atomic E-state index is 13.0. The molecule has 0 aliphatic carbocycles. The van der Waals surface area contributed by atoms with Gasteiger partial charge < -0.3 is 14.5 Å². The Balaban J connectivity index is 1.41. The number of hydrazone groups is 1. The Hall–Kier alpha value is -4.20. The summed E-state index contributed by atoms with van der Waals surface area (Å²) in [7, 11) is 0. The average molecular weight is 460 g/mol. The molecule has 2 amide bonds. The van der Waals surface area contributed by atoms with Gasteiger partial charge in [-0.05, 0) is 43.7 Å². The van der Waals surface area contributed by atoms with Crippen LogP contribution in [0.15, 0.2) is 82.5 Å². The van der Waals surface area contributed by atoms with E-state index in [1.54, 1.807) is 48.7 Å². The second-order valence-electron chi connectivity index (χ2n) is 8.06. The van der Waals surface area contributed by atoms with Crippen molar-refractivity contribution in [3.8, 4) is 0 Å². The minimum Gasteiger partial charge on any atom is -0.467 e. The lowest BCUT2D eigenvalue weighted by atomic mass is 10.0. The molecule has 8 heteroatoms. The molecule has 2 atom stereocenters. The van der Waals surface area contributed by atoms with Crippen LogP contribution in [0.25, 0.3) is 0 Å². The molecule has 2 unspecified atom stereocenters. The monoisotopic (exact) mass is 459 g/mol. The van der Waals surface area contributed by atoms with Gasteiger partial charge in [-0.25, -0.2) is 9.80 Å². The van der Waals surface area contributed by atoms with E-state index < -0.39 is 36.5 Å². The third kappa shape index (κ3) is 5.23. The van der Waals surface area contributed by atoms with Crippen molar-refractivity contribution in [1.82, 2.24) is 10.3 Å². The predicted molar refractivity (Wildman–Crippen MR) is 125 cm³/mol. The van der Waals surface area contributed by atoms with E-state index in [1.807, 2.05) is 31.2 Å². The molecule has 1 aliphatic heterocycles. The topological polar surface area (TPSA) is 101 Å². The molecule has 0 radical (unpaired) electrons. The van der Waals surface area contributed by atoms with Crippen molar-refractivity contribution in [3.05, 3.63) is 95.4 Å². The minimum absolute atomic E-state index is 0.402. The van der Waals surface area contributed by atoms with Crippen molar-refractivity contribution >= 4 is 23.5 Å². The van der Waals surface area contributed by atoms with Gasteiger partial charge in [0.05, 0.1) is 12.0 Å². The average Bonchev–Trinajstić information content (AvgIpc) is 3.53. The highest BCUT2D eigenvalue weighted by molar-refractivity contribution is 6.03. The molecule has 4 rings (SSSR count). The SMILES string of the molecule is Cc1ccc(C2=NN(C(=O)COC(=O)C(C)NC(=O)c3ccccc3)C(c3ccco3)C2)cc1. The molecule has 8 nitrogen and oxygen atoms in total. The first-order valence-corrected chi connectivity index (χ1v) is 10.9. The second kappa shape index (κ2) is 10.2. The lowest BCUT2D eigenvalue weighted by molar-refractivity contribution is -0.154. The Morgan fingerprint density at radius 1 is 1.09 bits per heavy atom. The van der Waals surface area contributed by atoms with Crippen LogP contribution in [0.3, 0.4) is 0 Å². The smallest absolute Gasteiger partial charge is 0.328 e. The molecule has 1 aromatic heterocycles. The maximum Gasteiger partial charge on any atom is 0.328 e. The van der Waals surface area contributed by atoms with Gasteiger partial charge in [-0.1, -0.05) is 48.0 Å². The van der Waals surface area contributed by atoms with Gasteiger partial charge in [-0.15, -0.1) is 0 Å². The number of amides is 2. The molecule has 0 fully saturated rings. The molecular weight excluding hydrogens is 434 g/mol. The number of nitrogens with one attached hydrogen (secondary N) is 1. The quantitative estimate of drug-likeness (QED) is 0.544. The standard InChI is InChI=1S/C26H25N3O5/c1-17-10-12-19(13-11-17)21-15-22(23-9-6-14-33-23)29(28-21)24(30)16-34-26(32)18(2)27-25(31)20-7-4-3-5-8-20/h3-14,18,22H,15-16H2,1-2H3,(H,27,31). The first-order chi connectivity index (χ1) is 16.4. The Labute approximate surface area is 197 Å². The van der Waals surface area contributed by atoms with Crippen LogP contribution in [0.2, 0.25) is 0 Å². The minimum atomic E-state index is -0.924. The van der Waals surface area contributed by atoms with Crippen LogP contribution in [0, 0.1) is 6.92 Å². The van der Waals surface area contributed by atoms with Gasteiger partial charge in [-0.3, -0.25) is 9.59 Å². The fraction of sp³-hybridized carbons (Fsp3) is 0.231. The molecule has 0 saturated heterocycles. The largest absolute Gasteiger partial charge is 0.467 e. The number of ether oxygens (including phenoxy) is 1. The number of rotatable bonds is 7. The molecule has 0 saturated carbocycles. The van der Waals surface area contributed by atoms with Crippen LogP contribution < -0.4 is 5.32 Å². The Kier molecular flexibility index (Phi) is 6.87. The summed E-state index contributed by atoms with van der Waals surface area (Å²) in [4.78, 5) is 37.6. The van der Waals surface area contributed by atoms with E-state index >= 15 is 0 Å². The summed E-state index contributed by atoms with van der Waals surface area (Å²) in [5.74, 6) is -1.01. The number of esters is 1. The second-order valence-corrected chi connectivity index (χ2v) is 8.06. The number of carbonyl (C=O) groups excluding carboxylic acids is 3. The third-order valence-corrected chi connectivity index (χ3v) is 5.50. The number of aryl methyl sites for hydroxylation is 1. The van der Waals surface area contributed by atoms with Crippen LogP contribution in [-0.4, -0.2) is 41.2 Å². The van der Waals surface area contributed by atoms with Crippen molar-refractivity contribution in [3.63, 3.8) is 0 Å². The fourth-order valence-corrected chi connectivity index (χ4v) is 3.62. The molecular formula is C26H25N3O5. The Morgan fingerprint density at radius 2 is 1.82 bits per heavy atom. The number of carbonyl (C=O) groups is 3. The van der Waals surface area contributed by atoms with Crippen LogP contribution in [0.5, 0.6) is 0 Å². The van der Waals surface area contributed by atoms with E-state index in [2.05, 4.69) is 10.4 Å². The first-order valence-electron chi connectivity index (χ1n) is 10.9. The van der Waals surface area contributed by atoms with E-state index in [-0.39, 0.29) is 0 Å². The van der Waals surface area contributed by atoms with Gasteiger partial charge in [0.1, 0.15) is 17.8 Å². The summed E-state index contributed by atoms with van der Waals surface area (Å²) in [6, 6.07) is 18.6. The maximum absolute atomic E-state index is 13.0. The Bertz CT molecular complexity index is 1190. The lowest BCUT2D eigenvalue weighted by Gasteiger charge is -2.20. The summed E-state index contributed by atoms with van der Waals surface area (Å²) >= 11 is 0. The fourth-order valence-electron chi connectivity index (χ4n) is 3.62. The van der Waals surface area contributed by atoms with Crippen molar-refractivity contribution < 1.29 is 23.5 Å². The highest BCUT2D eigenvalue weighted by Crippen LogP contribution is 2.33. The Morgan fingerprint density at radius 3 is 2.50 bits per heavy atom. The number of nitrogens with zero attached hydrogens (tertiary/aromatic N) is 2. The van der Waals surface area contributed by atoms with E-state index in [9.17, 15) is 14.4 Å². The van der Waals surface area contributed by atoms with Crippen molar-refractivity contribution in [2.45, 2.75) is 32.4 Å². The summed E-state index contributed by atoms with van der Waals surface area (Å²) in [5.41, 5.74) is 3.20. The van der Waals surface area contributed by atoms with Gasteiger partial charge in [0.25, 0.3) is 11.8 Å². The van der Waals surface area contributed by atoms with Crippen molar-refractivity contribution in [1.29, 1.82) is 0 Å². The molecule has 3 aromatic rings. The van der Waals surface area contributed by atoms with Crippen LogP contribution in [0.4, 0.5) is 0 Å². The van der Waals surface area contributed by atoms with Gasteiger partial charge in [0.2, 0.25) is 0 Å². The van der Waals surface area contributed by atoms with Gasteiger partial charge in [-0.2, -0.15) is 5.10 Å². The molecule has 2 heterocycles. The zero-order valence-corrected chi connectivity index (χ0v) is 18.9.